The Kier molecular flexibility index (Phi) is 9.81. The second-order valence-electron chi connectivity index (χ2n) is 8.94. The summed E-state index contributed by atoms with van der Waals surface area (Å²) in [7, 11) is -4.22. The van der Waals surface area contributed by atoms with E-state index in [1.807, 2.05) is 24.3 Å². The van der Waals surface area contributed by atoms with Gasteiger partial charge in [0.25, 0.3) is 0 Å². The second-order valence-corrected chi connectivity index (χ2v) is 11.1. The molecule has 166 valence electrons. The lowest BCUT2D eigenvalue weighted by atomic mass is 9.97. The van der Waals surface area contributed by atoms with Crippen LogP contribution in [-0.2, 0) is 9.72 Å². The summed E-state index contributed by atoms with van der Waals surface area (Å²) < 4.78 is 11.8. The molecule has 4 heteroatoms. The number of hydrogen-bond acceptors (Lipinski definition) is 1. The first-order valence-electron chi connectivity index (χ1n) is 11.5. The van der Waals surface area contributed by atoms with Crippen molar-refractivity contribution in [2.75, 3.05) is 0 Å². The summed E-state index contributed by atoms with van der Waals surface area (Å²) in [6.45, 7) is 5.45. The van der Waals surface area contributed by atoms with Crippen molar-refractivity contribution in [3.8, 4) is 0 Å². The predicted octanol–water partition coefficient (Wildman–Crippen LogP) is 8.19. The van der Waals surface area contributed by atoms with E-state index >= 15 is 0 Å². The molecule has 0 aliphatic rings. The highest BCUT2D eigenvalue weighted by Gasteiger charge is 2.39. The molecule has 0 aliphatic heterocycles. The van der Waals surface area contributed by atoms with E-state index in [9.17, 15) is 14.4 Å². The Morgan fingerprint density at radius 1 is 0.833 bits per heavy atom. The summed E-state index contributed by atoms with van der Waals surface area (Å²) in [5.74, 6) is 0. The van der Waals surface area contributed by atoms with E-state index in [2.05, 4.69) is 31.2 Å². The van der Waals surface area contributed by atoms with Crippen LogP contribution in [-0.4, -0.2) is 9.79 Å². The average molecular weight is 431 g/mol. The molecule has 0 saturated carbocycles. The van der Waals surface area contributed by atoms with E-state index in [1.165, 1.54) is 63.4 Å². The van der Waals surface area contributed by atoms with Crippen LogP contribution in [0.1, 0.15) is 96.1 Å². The van der Waals surface area contributed by atoms with Crippen molar-refractivity contribution in [2.45, 2.75) is 90.1 Å². The lowest BCUT2D eigenvalue weighted by Gasteiger charge is -2.26. The van der Waals surface area contributed by atoms with Gasteiger partial charge in [-0.15, -0.1) is 0 Å². The lowest BCUT2D eigenvalue weighted by Crippen LogP contribution is -2.17. The summed E-state index contributed by atoms with van der Waals surface area (Å²) in [4.78, 5) is 19.3. The lowest BCUT2D eigenvalue weighted by molar-refractivity contribution is 0.338. The van der Waals surface area contributed by atoms with Crippen LogP contribution in [0, 0.1) is 0 Å². The maximum atomic E-state index is 11.8. The first-order valence-corrected chi connectivity index (χ1v) is 13.1. The fourth-order valence-electron chi connectivity index (χ4n) is 3.71. The van der Waals surface area contributed by atoms with E-state index in [0.29, 0.717) is 5.56 Å². The van der Waals surface area contributed by atoms with Crippen molar-refractivity contribution >= 4 is 24.4 Å². The fourth-order valence-corrected chi connectivity index (χ4v) is 4.18. The van der Waals surface area contributed by atoms with Crippen LogP contribution < -0.4 is 0 Å². The highest BCUT2D eigenvalue weighted by Crippen LogP contribution is 2.56. The average Bonchev–Trinajstić information content (AvgIpc) is 2.70. The minimum atomic E-state index is -4.22. The maximum absolute atomic E-state index is 11.8. The normalized spacial score (nSPS) is 12.8. The van der Waals surface area contributed by atoms with Gasteiger partial charge in [-0.3, -0.25) is 4.57 Å². The zero-order valence-electron chi connectivity index (χ0n) is 18.9. The molecule has 0 unspecified atom stereocenters. The minimum absolute atomic E-state index is 0.664. The second kappa shape index (κ2) is 11.8. The van der Waals surface area contributed by atoms with Gasteiger partial charge in [-0.1, -0.05) is 94.7 Å². The van der Waals surface area contributed by atoms with Crippen LogP contribution in [0.4, 0.5) is 0 Å². The molecule has 0 atom stereocenters. The van der Waals surface area contributed by atoms with Gasteiger partial charge in [0.2, 0.25) is 0 Å². The number of fused-ring (bicyclic) bond motifs is 1. The highest BCUT2D eigenvalue weighted by atomic mass is 31.2. The van der Waals surface area contributed by atoms with Crippen LogP contribution in [0.5, 0.6) is 0 Å². The molecular weight excluding hydrogens is 391 g/mol. The van der Waals surface area contributed by atoms with E-state index in [1.54, 1.807) is 13.8 Å². The van der Waals surface area contributed by atoms with E-state index < -0.39 is 12.8 Å². The topological polar surface area (TPSA) is 57.5 Å². The Labute approximate surface area is 182 Å². The first-order chi connectivity index (χ1) is 14.3. The molecule has 0 aliphatic carbocycles. The number of rotatable bonds is 13. The van der Waals surface area contributed by atoms with Gasteiger partial charge in [0, 0.05) is 0 Å². The monoisotopic (exact) mass is 430 g/mol. The number of unbranched alkanes of at least 4 members (excludes halogenated alkanes) is 9. The molecule has 2 rings (SSSR count). The van der Waals surface area contributed by atoms with Gasteiger partial charge in [-0.05, 0) is 60.7 Å². The molecule has 0 radical (unpaired) electrons. The van der Waals surface area contributed by atoms with Crippen molar-refractivity contribution in [2.24, 2.45) is 0 Å². The Morgan fingerprint density at radius 2 is 1.40 bits per heavy atom. The third-order valence-corrected chi connectivity index (χ3v) is 7.80. The van der Waals surface area contributed by atoms with Crippen molar-refractivity contribution in [3.05, 3.63) is 53.6 Å². The molecule has 0 heterocycles. The minimum Gasteiger partial charge on any atom is -0.324 e. The molecule has 0 amide bonds. The summed E-state index contributed by atoms with van der Waals surface area (Å²) in [6.07, 6.45) is 17.7. The molecule has 2 aromatic rings. The molecule has 0 spiro atoms. The predicted molar refractivity (Wildman–Crippen MR) is 130 cm³/mol. The standard InChI is InChI=1S/C26H39O3P/c1-4-5-6-7-8-9-10-11-12-13-14-15-22-16-17-24-21-25(19-18-23(24)20-22)26(2,3)30(27,28)29/h14-21H,4-13H2,1-3H3,(H2,27,28,29)/b15-14+. The SMILES string of the molecule is CCCCCCCCCCC/C=C/c1ccc2cc(C(C)(C)P(=O)(O)O)ccc2c1. The zero-order valence-corrected chi connectivity index (χ0v) is 19.8. The van der Waals surface area contributed by atoms with Gasteiger partial charge in [-0.25, -0.2) is 0 Å². The quantitative estimate of drug-likeness (QED) is 0.249. The number of hydrogen-bond donors (Lipinski definition) is 2. The summed E-state index contributed by atoms with van der Waals surface area (Å²) in [5, 5.41) is 0.908. The van der Waals surface area contributed by atoms with Gasteiger partial charge < -0.3 is 9.79 Å². The molecule has 0 bridgehead atoms. The van der Waals surface area contributed by atoms with Crippen LogP contribution in [0.3, 0.4) is 0 Å². The molecular formula is C26H39O3P. The van der Waals surface area contributed by atoms with Crippen LogP contribution in [0.2, 0.25) is 0 Å². The van der Waals surface area contributed by atoms with Crippen LogP contribution >= 0.6 is 7.60 Å². The summed E-state index contributed by atoms with van der Waals surface area (Å²) in [5.41, 5.74) is 1.83. The third-order valence-electron chi connectivity index (χ3n) is 6.08. The van der Waals surface area contributed by atoms with Gasteiger partial charge in [0.15, 0.2) is 0 Å². The van der Waals surface area contributed by atoms with Gasteiger partial charge in [0.05, 0.1) is 5.16 Å². The molecule has 0 saturated heterocycles. The first kappa shape index (κ1) is 24.9. The number of allylic oxidation sites excluding steroid dienone is 1. The van der Waals surface area contributed by atoms with Gasteiger partial charge >= 0.3 is 7.60 Å². The summed E-state index contributed by atoms with van der Waals surface area (Å²) in [6, 6.07) is 11.9. The van der Waals surface area contributed by atoms with Crippen LogP contribution in [0.15, 0.2) is 42.5 Å². The maximum Gasteiger partial charge on any atom is 0.335 e. The Bertz CT molecular complexity index is 864. The van der Waals surface area contributed by atoms with E-state index in [4.69, 9.17) is 0 Å². The van der Waals surface area contributed by atoms with Crippen molar-refractivity contribution in [1.29, 1.82) is 0 Å². The smallest absolute Gasteiger partial charge is 0.324 e. The van der Waals surface area contributed by atoms with Gasteiger partial charge in [0.1, 0.15) is 0 Å². The Morgan fingerprint density at radius 3 is 2.03 bits per heavy atom. The van der Waals surface area contributed by atoms with Crippen molar-refractivity contribution in [1.82, 2.24) is 0 Å². The van der Waals surface area contributed by atoms with Crippen molar-refractivity contribution < 1.29 is 14.4 Å². The highest BCUT2D eigenvalue weighted by molar-refractivity contribution is 7.53. The molecule has 2 aromatic carbocycles. The Hall–Kier alpha value is -1.41. The van der Waals surface area contributed by atoms with Crippen molar-refractivity contribution in [3.63, 3.8) is 0 Å². The zero-order chi connectivity index (χ0) is 22.0. The largest absolute Gasteiger partial charge is 0.335 e. The number of benzene rings is 2. The fraction of sp³-hybridized carbons (Fsp3) is 0.538. The Balaban J connectivity index is 1.82. The molecule has 30 heavy (non-hydrogen) atoms. The van der Waals surface area contributed by atoms with Gasteiger partial charge in [-0.2, -0.15) is 0 Å². The molecule has 0 aromatic heterocycles. The third kappa shape index (κ3) is 7.38. The summed E-state index contributed by atoms with van der Waals surface area (Å²) >= 11 is 0. The van der Waals surface area contributed by atoms with Crippen LogP contribution in [0.25, 0.3) is 16.8 Å². The van der Waals surface area contributed by atoms with E-state index in [0.717, 1.165) is 17.2 Å². The van der Waals surface area contributed by atoms with E-state index in [-0.39, 0.29) is 0 Å². The molecule has 2 N–H and O–H groups in total. The molecule has 0 fully saturated rings. The molecule has 3 nitrogen and oxygen atoms in total.